The molecule has 5 nitrogen and oxygen atoms in total. The van der Waals surface area contributed by atoms with E-state index in [1.165, 1.54) is 11.8 Å². The topological polar surface area (TPSA) is 67.8 Å². The first-order valence-corrected chi connectivity index (χ1v) is 10.6. The molecule has 1 heterocycles. The maximum Gasteiger partial charge on any atom is 0.343 e. The standard InChI is InChI=1S/C23H15BrN2O3S/c24-17-11-12-19(29-22(28)15-7-3-1-4-8-15)16(13-17)14-20-21(27)26-23(30-20)25-18-9-5-2-6-10-18/h1-14H,(H,25,26,27)/b20-14-. The first-order chi connectivity index (χ1) is 14.6. The van der Waals surface area contributed by atoms with Gasteiger partial charge in [-0.05, 0) is 60.3 Å². The molecule has 0 atom stereocenters. The third kappa shape index (κ3) is 4.87. The van der Waals surface area contributed by atoms with Crippen molar-refractivity contribution < 1.29 is 14.3 Å². The molecule has 0 radical (unpaired) electrons. The zero-order valence-corrected chi connectivity index (χ0v) is 17.9. The Kier molecular flexibility index (Phi) is 6.11. The average molecular weight is 479 g/mol. The number of nitrogens with zero attached hydrogens (tertiary/aromatic N) is 1. The fraction of sp³-hybridized carbons (Fsp3) is 0. The Balaban J connectivity index is 1.60. The van der Waals surface area contributed by atoms with Crippen LogP contribution in [-0.2, 0) is 4.79 Å². The third-order valence-corrected chi connectivity index (χ3v) is 5.51. The minimum atomic E-state index is -0.465. The molecule has 7 heteroatoms. The lowest BCUT2D eigenvalue weighted by atomic mass is 10.1. The molecule has 1 amide bonds. The van der Waals surface area contributed by atoms with Crippen LogP contribution in [0.15, 0.2) is 93.2 Å². The minimum Gasteiger partial charge on any atom is -0.422 e. The number of hydrogen-bond acceptors (Lipinski definition) is 5. The molecule has 0 saturated carbocycles. The van der Waals surface area contributed by atoms with E-state index in [1.54, 1.807) is 48.5 Å². The summed E-state index contributed by atoms with van der Waals surface area (Å²) in [5.74, 6) is -0.358. The quantitative estimate of drug-likeness (QED) is 0.302. The molecular weight excluding hydrogens is 464 g/mol. The number of rotatable bonds is 4. The van der Waals surface area contributed by atoms with Crippen molar-refractivity contribution in [3.05, 3.63) is 99.4 Å². The van der Waals surface area contributed by atoms with E-state index in [0.29, 0.717) is 26.9 Å². The highest BCUT2D eigenvalue weighted by Crippen LogP contribution is 2.32. The molecule has 30 heavy (non-hydrogen) atoms. The number of hydrogen-bond donors (Lipinski definition) is 1. The number of benzene rings is 3. The molecule has 0 bridgehead atoms. The second-order valence-corrected chi connectivity index (χ2v) is 8.20. The van der Waals surface area contributed by atoms with E-state index in [-0.39, 0.29) is 5.91 Å². The van der Waals surface area contributed by atoms with Crippen molar-refractivity contribution in [1.29, 1.82) is 0 Å². The molecule has 1 saturated heterocycles. The van der Waals surface area contributed by atoms with Gasteiger partial charge >= 0.3 is 5.97 Å². The third-order valence-electron chi connectivity index (χ3n) is 4.11. The molecule has 1 fully saturated rings. The highest BCUT2D eigenvalue weighted by atomic mass is 79.9. The summed E-state index contributed by atoms with van der Waals surface area (Å²) in [6.45, 7) is 0. The van der Waals surface area contributed by atoms with Gasteiger partial charge in [-0.2, -0.15) is 0 Å². The van der Waals surface area contributed by atoms with Crippen molar-refractivity contribution >= 4 is 56.5 Å². The Morgan fingerprint density at radius 2 is 1.70 bits per heavy atom. The fourth-order valence-electron chi connectivity index (χ4n) is 2.70. The summed E-state index contributed by atoms with van der Waals surface area (Å²) < 4.78 is 6.38. The van der Waals surface area contributed by atoms with Gasteiger partial charge in [0.2, 0.25) is 0 Å². The number of carbonyl (C=O) groups is 2. The van der Waals surface area contributed by atoms with Crippen molar-refractivity contribution in [2.24, 2.45) is 4.99 Å². The monoisotopic (exact) mass is 478 g/mol. The Bertz CT molecular complexity index is 1160. The second kappa shape index (κ2) is 9.11. The molecule has 0 aliphatic carbocycles. The summed E-state index contributed by atoms with van der Waals surface area (Å²) in [5.41, 5.74) is 1.80. The van der Waals surface area contributed by atoms with Crippen molar-refractivity contribution in [2.75, 3.05) is 0 Å². The van der Waals surface area contributed by atoms with Crippen LogP contribution < -0.4 is 10.1 Å². The van der Waals surface area contributed by atoms with Crippen LogP contribution in [0.2, 0.25) is 0 Å². The predicted octanol–water partition coefficient (Wildman–Crippen LogP) is 5.56. The molecule has 3 aromatic rings. The van der Waals surface area contributed by atoms with Gasteiger partial charge in [0, 0.05) is 10.0 Å². The molecule has 0 spiro atoms. The van der Waals surface area contributed by atoms with Crippen molar-refractivity contribution in [3.63, 3.8) is 0 Å². The fourth-order valence-corrected chi connectivity index (χ4v) is 3.91. The van der Waals surface area contributed by atoms with Gasteiger partial charge in [-0.1, -0.05) is 52.3 Å². The lowest BCUT2D eigenvalue weighted by Crippen LogP contribution is -2.19. The van der Waals surface area contributed by atoms with E-state index < -0.39 is 5.97 Å². The van der Waals surface area contributed by atoms with E-state index in [0.717, 1.165) is 10.2 Å². The average Bonchev–Trinajstić information content (AvgIpc) is 3.10. The molecule has 1 N–H and O–H groups in total. The summed E-state index contributed by atoms with van der Waals surface area (Å²) in [7, 11) is 0. The summed E-state index contributed by atoms with van der Waals surface area (Å²) in [5, 5.41) is 3.26. The summed E-state index contributed by atoms with van der Waals surface area (Å²) in [6, 6.07) is 23.4. The second-order valence-electron chi connectivity index (χ2n) is 6.25. The van der Waals surface area contributed by atoms with Crippen LogP contribution in [0.25, 0.3) is 6.08 Å². The first-order valence-electron chi connectivity index (χ1n) is 9.00. The molecule has 4 rings (SSSR count). The van der Waals surface area contributed by atoms with Gasteiger partial charge < -0.3 is 10.1 Å². The summed E-state index contributed by atoms with van der Waals surface area (Å²) >= 11 is 4.66. The van der Waals surface area contributed by atoms with E-state index in [2.05, 4.69) is 26.2 Å². The Labute approximate surface area is 186 Å². The van der Waals surface area contributed by atoms with E-state index in [9.17, 15) is 9.59 Å². The number of aliphatic imine (C=N–C) groups is 1. The van der Waals surface area contributed by atoms with Crippen molar-refractivity contribution in [2.45, 2.75) is 0 Å². The number of nitrogens with one attached hydrogen (secondary N) is 1. The maximum absolute atomic E-state index is 12.4. The molecule has 0 unspecified atom stereocenters. The van der Waals surface area contributed by atoms with Gasteiger partial charge in [0.15, 0.2) is 5.17 Å². The Hall–Kier alpha value is -3.16. The normalized spacial score (nSPS) is 16.0. The van der Waals surface area contributed by atoms with E-state index >= 15 is 0 Å². The number of halogens is 1. The van der Waals surface area contributed by atoms with Gasteiger partial charge in [0.05, 0.1) is 16.2 Å². The highest BCUT2D eigenvalue weighted by molar-refractivity contribution is 9.10. The van der Waals surface area contributed by atoms with Crippen molar-refractivity contribution in [1.82, 2.24) is 5.32 Å². The van der Waals surface area contributed by atoms with E-state index in [1.807, 2.05) is 36.4 Å². The zero-order valence-electron chi connectivity index (χ0n) is 15.5. The van der Waals surface area contributed by atoms with Crippen LogP contribution in [0.5, 0.6) is 5.75 Å². The van der Waals surface area contributed by atoms with Crippen LogP contribution in [0.3, 0.4) is 0 Å². The molecule has 1 aliphatic heterocycles. The van der Waals surface area contributed by atoms with E-state index in [4.69, 9.17) is 4.74 Å². The van der Waals surface area contributed by atoms with Gasteiger partial charge in [-0.25, -0.2) is 9.79 Å². The number of carbonyl (C=O) groups excluding carboxylic acids is 2. The van der Waals surface area contributed by atoms with Crippen LogP contribution in [0, 0.1) is 0 Å². The summed E-state index contributed by atoms with van der Waals surface area (Å²) in [4.78, 5) is 29.8. The number of thioether (sulfide) groups is 1. The lowest BCUT2D eigenvalue weighted by Gasteiger charge is -2.08. The number of ether oxygens (including phenoxy) is 1. The molecular formula is C23H15BrN2O3S. The van der Waals surface area contributed by atoms with Crippen LogP contribution >= 0.6 is 27.7 Å². The molecule has 0 aromatic heterocycles. The lowest BCUT2D eigenvalue weighted by molar-refractivity contribution is -0.115. The first kappa shape index (κ1) is 20.1. The Morgan fingerprint density at radius 1 is 1.00 bits per heavy atom. The van der Waals surface area contributed by atoms with Crippen molar-refractivity contribution in [3.8, 4) is 5.75 Å². The largest absolute Gasteiger partial charge is 0.422 e. The van der Waals surface area contributed by atoms with Gasteiger partial charge in [-0.15, -0.1) is 0 Å². The Morgan fingerprint density at radius 3 is 2.43 bits per heavy atom. The van der Waals surface area contributed by atoms with Crippen LogP contribution in [-0.4, -0.2) is 17.0 Å². The number of para-hydroxylation sites is 1. The van der Waals surface area contributed by atoms with Gasteiger partial charge in [-0.3, -0.25) is 4.79 Å². The van der Waals surface area contributed by atoms with Gasteiger partial charge in [0.25, 0.3) is 5.91 Å². The maximum atomic E-state index is 12.4. The molecule has 1 aliphatic rings. The van der Waals surface area contributed by atoms with Crippen LogP contribution in [0.1, 0.15) is 15.9 Å². The minimum absolute atomic E-state index is 0.255. The number of amidine groups is 1. The zero-order chi connectivity index (χ0) is 20.9. The predicted molar refractivity (Wildman–Crippen MR) is 123 cm³/mol. The molecule has 3 aromatic carbocycles. The summed E-state index contributed by atoms with van der Waals surface area (Å²) in [6.07, 6.45) is 1.69. The molecule has 148 valence electrons. The van der Waals surface area contributed by atoms with Gasteiger partial charge in [0.1, 0.15) is 5.75 Å². The highest BCUT2D eigenvalue weighted by Gasteiger charge is 2.24. The SMILES string of the molecule is O=C1NC(=Nc2ccccc2)S/C1=C\c1cc(Br)ccc1OC(=O)c1ccccc1. The smallest absolute Gasteiger partial charge is 0.343 e. The number of esters is 1. The van der Waals surface area contributed by atoms with Crippen LogP contribution in [0.4, 0.5) is 5.69 Å². The number of amides is 1.